The predicted molar refractivity (Wildman–Crippen MR) is 70.1 cm³/mol. The first-order chi connectivity index (χ1) is 8.58. The molecule has 0 bridgehead atoms. The Morgan fingerprint density at radius 2 is 2.39 bits per heavy atom. The minimum absolute atomic E-state index is 0.210. The molecule has 3 N–H and O–H groups in total. The SMILES string of the molecule is CN(CC1CCCO1)c1ccc(C(=O)O)cc1N. The number of anilines is 2. The Morgan fingerprint density at radius 1 is 1.61 bits per heavy atom. The van der Waals surface area contributed by atoms with Crippen molar-refractivity contribution in [2.45, 2.75) is 18.9 Å². The van der Waals surface area contributed by atoms with Gasteiger partial charge in [0.25, 0.3) is 0 Å². The van der Waals surface area contributed by atoms with Crippen LogP contribution in [-0.4, -0.2) is 37.4 Å². The van der Waals surface area contributed by atoms with Crippen LogP contribution in [0.1, 0.15) is 23.2 Å². The average Bonchev–Trinajstić information content (AvgIpc) is 2.81. The van der Waals surface area contributed by atoms with E-state index in [0.29, 0.717) is 5.69 Å². The third kappa shape index (κ3) is 2.73. The van der Waals surface area contributed by atoms with Gasteiger partial charge in [-0.05, 0) is 31.0 Å². The second kappa shape index (κ2) is 5.27. The van der Waals surface area contributed by atoms with Gasteiger partial charge in [-0.2, -0.15) is 0 Å². The maximum Gasteiger partial charge on any atom is 0.335 e. The topological polar surface area (TPSA) is 75.8 Å². The average molecular weight is 250 g/mol. The van der Waals surface area contributed by atoms with Crippen LogP contribution in [0.25, 0.3) is 0 Å². The van der Waals surface area contributed by atoms with Crippen molar-refractivity contribution in [1.29, 1.82) is 0 Å². The summed E-state index contributed by atoms with van der Waals surface area (Å²) >= 11 is 0. The van der Waals surface area contributed by atoms with E-state index in [4.69, 9.17) is 15.6 Å². The van der Waals surface area contributed by atoms with E-state index in [1.165, 1.54) is 6.07 Å². The molecule has 18 heavy (non-hydrogen) atoms. The number of rotatable bonds is 4. The van der Waals surface area contributed by atoms with Gasteiger partial charge in [0.1, 0.15) is 0 Å². The molecule has 0 amide bonds. The fourth-order valence-corrected chi connectivity index (χ4v) is 2.23. The zero-order chi connectivity index (χ0) is 13.1. The van der Waals surface area contributed by atoms with Crippen LogP contribution in [0.15, 0.2) is 18.2 Å². The Hall–Kier alpha value is -1.75. The van der Waals surface area contributed by atoms with Gasteiger partial charge in [0.05, 0.1) is 23.0 Å². The zero-order valence-electron chi connectivity index (χ0n) is 10.4. The van der Waals surface area contributed by atoms with E-state index >= 15 is 0 Å². The number of nitrogen functional groups attached to an aromatic ring is 1. The summed E-state index contributed by atoms with van der Waals surface area (Å²) < 4.78 is 5.57. The number of likely N-dealkylation sites (N-methyl/N-ethyl adjacent to an activating group) is 1. The monoisotopic (exact) mass is 250 g/mol. The molecule has 1 unspecified atom stereocenters. The van der Waals surface area contributed by atoms with E-state index in [0.717, 1.165) is 31.7 Å². The molecule has 1 heterocycles. The number of hydrogen-bond acceptors (Lipinski definition) is 4. The summed E-state index contributed by atoms with van der Waals surface area (Å²) in [5, 5.41) is 8.88. The Morgan fingerprint density at radius 3 is 2.94 bits per heavy atom. The van der Waals surface area contributed by atoms with Crippen molar-refractivity contribution < 1.29 is 14.6 Å². The number of nitrogens with zero attached hydrogens (tertiary/aromatic N) is 1. The molecule has 1 aliphatic heterocycles. The maximum absolute atomic E-state index is 10.8. The number of carboxylic acid groups (broad SMARTS) is 1. The van der Waals surface area contributed by atoms with Crippen LogP contribution in [0.2, 0.25) is 0 Å². The van der Waals surface area contributed by atoms with Crippen LogP contribution < -0.4 is 10.6 Å². The Labute approximate surface area is 106 Å². The van der Waals surface area contributed by atoms with Gasteiger partial charge in [-0.1, -0.05) is 0 Å². The van der Waals surface area contributed by atoms with E-state index in [2.05, 4.69) is 0 Å². The summed E-state index contributed by atoms with van der Waals surface area (Å²) in [6.45, 7) is 1.60. The van der Waals surface area contributed by atoms with Crippen molar-refractivity contribution in [2.75, 3.05) is 30.8 Å². The lowest BCUT2D eigenvalue weighted by Gasteiger charge is -2.24. The molecular formula is C13H18N2O3. The molecule has 5 heteroatoms. The third-order valence-corrected chi connectivity index (χ3v) is 3.19. The number of nitrogens with two attached hydrogens (primary N) is 1. The molecule has 0 spiro atoms. The van der Waals surface area contributed by atoms with Crippen LogP contribution in [0, 0.1) is 0 Å². The molecule has 0 aromatic heterocycles. The van der Waals surface area contributed by atoms with Gasteiger partial charge in [0.2, 0.25) is 0 Å². The Bertz CT molecular complexity index is 442. The quantitative estimate of drug-likeness (QED) is 0.793. The zero-order valence-corrected chi connectivity index (χ0v) is 10.4. The van der Waals surface area contributed by atoms with Crippen molar-refractivity contribution >= 4 is 17.3 Å². The van der Waals surface area contributed by atoms with Gasteiger partial charge >= 0.3 is 5.97 Å². The normalized spacial score (nSPS) is 18.8. The largest absolute Gasteiger partial charge is 0.478 e. The number of aromatic carboxylic acids is 1. The second-order valence-electron chi connectivity index (χ2n) is 4.59. The summed E-state index contributed by atoms with van der Waals surface area (Å²) in [4.78, 5) is 12.8. The summed E-state index contributed by atoms with van der Waals surface area (Å²) in [6, 6.07) is 4.80. The van der Waals surface area contributed by atoms with Crippen LogP contribution in [0.4, 0.5) is 11.4 Å². The molecule has 5 nitrogen and oxygen atoms in total. The molecule has 1 aromatic carbocycles. The van der Waals surface area contributed by atoms with Crippen LogP contribution in [-0.2, 0) is 4.74 Å². The van der Waals surface area contributed by atoms with Gasteiger partial charge < -0.3 is 20.5 Å². The molecule has 1 saturated heterocycles. The lowest BCUT2D eigenvalue weighted by Crippen LogP contribution is -2.29. The van der Waals surface area contributed by atoms with E-state index in [1.54, 1.807) is 12.1 Å². The highest BCUT2D eigenvalue weighted by molar-refractivity contribution is 5.90. The van der Waals surface area contributed by atoms with Gasteiger partial charge in [-0.3, -0.25) is 0 Å². The molecule has 0 radical (unpaired) electrons. The summed E-state index contributed by atoms with van der Waals surface area (Å²) in [5.41, 5.74) is 7.42. The number of hydrogen-bond donors (Lipinski definition) is 2. The summed E-state index contributed by atoms with van der Waals surface area (Å²) in [7, 11) is 1.94. The summed E-state index contributed by atoms with van der Waals surface area (Å²) in [6.07, 6.45) is 2.41. The molecule has 2 rings (SSSR count). The molecule has 98 valence electrons. The van der Waals surface area contributed by atoms with Crippen molar-refractivity contribution in [2.24, 2.45) is 0 Å². The Kier molecular flexibility index (Phi) is 3.72. The van der Waals surface area contributed by atoms with Gasteiger partial charge in [0.15, 0.2) is 0 Å². The number of benzene rings is 1. The van der Waals surface area contributed by atoms with E-state index < -0.39 is 5.97 Å². The molecule has 0 aliphatic carbocycles. The molecule has 1 fully saturated rings. The standard InChI is InChI=1S/C13H18N2O3/c1-15(8-10-3-2-6-18-10)12-5-4-9(13(16)17)7-11(12)14/h4-5,7,10H,2-3,6,8,14H2,1H3,(H,16,17). The van der Waals surface area contributed by atoms with Crippen LogP contribution in [0.3, 0.4) is 0 Å². The van der Waals surface area contributed by atoms with Crippen LogP contribution >= 0.6 is 0 Å². The second-order valence-corrected chi connectivity index (χ2v) is 4.59. The van der Waals surface area contributed by atoms with Crippen molar-refractivity contribution in [1.82, 2.24) is 0 Å². The minimum Gasteiger partial charge on any atom is -0.478 e. The van der Waals surface area contributed by atoms with Crippen molar-refractivity contribution in [3.8, 4) is 0 Å². The van der Waals surface area contributed by atoms with Gasteiger partial charge in [0, 0.05) is 20.2 Å². The maximum atomic E-state index is 10.8. The predicted octanol–water partition coefficient (Wildman–Crippen LogP) is 1.58. The van der Waals surface area contributed by atoms with Gasteiger partial charge in [-0.25, -0.2) is 4.79 Å². The third-order valence-electron chi connectivity index (χ3n) is 3.19. The molecule has 1 aliphatic rings. The lowest BCUT2D eigenvalue weighted by molar-refractivity contribution is 0.0697. The highest BCUT2D eigenvalue weighted by Gasteiger charge is 2.18. The minimum atomic E-state index is -0.963. The first-order valence-electron chi connectivity index (χ1n) is 6.03. The highest BCUT2D eigenvalue weighted by atomic mass is 16.5. The fraction of sp³-hybridized carbons (Fsp3) is 0.462. The van der Waals surface area contributed by atoms with E-state index in [9.17, 15) is 4.79 Å². The smallest absolute Gasteiger partial charge is 0.335 e. The number of ether oxygens (including phenoxy) is 1. The molecule has 0 saturated carbocycles. The highest BCUT2D eigenvalue weighted by Crippen LogP contribution is 2.25. The fourth-order valence-electron chi connectivity index (χ4n) is 2.23. The first kappa shape index (κ1) is 12.7. The van der Waals surface area contributed by atoms with Crippen LogP contribution in [0.5, 0.6) is 0 Å². The molecule has 1 aromatic rings. The lowest BCUT2D eigenvalue weighted by atomic mass is 10.1. The first-order valence-corrected chi connectivity index (χ1v) is 6.03. The van der Waals surface area contributed by atoms with Crippen molar-refractivity contribution in [3.63, 3.8) is 0 Å². The van der Waals surface area contributed by atoms with Gasteiger partial charge in [-0.15, -0.1) is 0 Å². The molecular weight excluding hydrogens is 232 g/mol. The number of carboxylic acids is 1. The summed E-state index contributed by atoms with van der Waals surface area (Å²) in [5.74, 6) is -0.963. The van der Waals surface area contributed by atoms with Crippen molar-refractivity contribution in [3.05, 3.63) is 23.8 Å². The Balaban J connectivity index is 2.09. The van der Waals surface area contributed by atoms with E-state index in [-0.39, 0.29) is 11.7 Å². The molecule has 1 atom stereocenters. The van der Waals surface area contributed by atoms with E-state index in [1.807, 2.05) is 11.9 Å². The number of carbonyl (C=O) groups is 1.